The monoisotopic (exact) mass is 296 g/mol. The zero-order chi connectivity index (χ0) is 15.7. The minimum Gasteiger partial charge on any atom is -0.461 e. The Morgan fingerprint density at radius 3 is 2.73 bits per heavy atom. The van der Waals surface area contributed by atoms with E-state index in [4.69, 9.17) is 9.15 Å². The molecular weight excluding hydrogens is 280 g/mol. The Morgan fingerprint density at radius 2 is 1.95 bits per heavy atom. The van der Waals surface area contributed by atoms with E-state index >= 15 is 0 Å². The number of carbonyl (C=O) groups excluding carboxylic acids is 1. The van der Waals surface area contributed by atoms with Crippen molar-refractivity contribution in [1.82, 2.24) is 0 Å². The lowest BCUT2D eigenvalue weighted by atomic mass is 10.0. The molecule has 0 N–H and O–H groups in total. The molecule has 0 bridgehead atoms. The highest BCUT2D eigenvalue weighted by Gasteiger charge is 2.13. The van der Waals surface area contributed by atoms with Crippen molar-refractivity contribution in [2.75, 3.05) is 0 Å². The predicted molar refractivity (Wildman–Crippen MR) is 84.6 cm³/mol. The van der Waals surface area contributed by atoms with Gasteiger partial charge in [-0.15, -0.1) is 0 Å². The van der Waals surface area contributed by atoms with Gasteiger partial charge in [0.1, 0.15) is 12.2 Å². The molecular formula is C18H16O4. The molecule has 112 valence electrons. The van der Waals surface area contributed by atoms with Crippen LogP contribution >= 0.6 is 0 Å². The number of hydrogen-bond donors (Lipinski definition) is 0. The fourth-order valence-corrected chi connectivity index (χ4v) is 2.45. The Kier molecular flexibility index (Phi) is 3.67. The van der Waals surface area contributed by atoms with Gasteiger partial charge in [0, 0.05) is 17.0 Å². The largest absolute Gasteiger partial charge is 0.461 e. The lowest BCUT2D eigenvalue weighted by Gasteiger charge is -2.10. The third-order valence-electron chi connectivity index (χ3n) is 3.56. The molecule has 0 radical (unpaired) electrons. The number of esters is 1. The summed E-state index contributed by atoms with van der Waals surface area (Å²) in [5.74, 6) is -0.496. The van der Waals surface area contributed by atoms with E-state index in [2.05, 4.69) is 0 Å². The number of rotatable bonds is 3. The summed E-state index contributed by atoms with van der Waals surface area (Å²) < 4.78 is 10.6. The molecule has 0 saturated carbocycles. The molecule has 1 aromatic heterocycles. The molecule has 0 unspecified atom stereocenters. The van der Waals surface area contributed by atoms with E-state index in [1.807, 2.05) is 30.3 Å². The zero-order valence-corrected chi connectivity index (χ0v) is 12.5. The standard InChI is InChI=1S/C18H16O4/c1-11(2)18(20)21-10-13-9-16(19)22-15-8-7-12-5-3-4-6-14(12)17(13)15/h3-9,11H,10H2,1-2H3. The fraction of sp³-hybridized carbons (Fsp3) is 0.222. The number of fused-ring (bicyclic) bond motifs is 3. The fourth-order valence-electron chi connectivity index (χ4n) is 2.45. The van der Waals surface area contributed by atoms with Crippen LogP contribution < -0.4 is 5.63 Å². The molecule has 0 amide bonds. The average Bonchev–Trinajstić information content (AvgIpc) is 2.51. The Balaban J connectivity index is 2.17. The third-order valence-corrected chi connectivity index (χ3v) is 3.56. The second kappa shape index (κ2) is 5.64. The van der Waals surface area contributed by atoms with Crippen LogP contribution in [-0.4, -0.2) is 5.97 Å². The summed E-state index contributed by atoms with van der Waals surface area (Å²) in [6.45, 7) is 3.61. The first-order valence-electron chi connectivity index (χ1n) is 7.17. The minimum absolute atomic E-state index is 0.0626. The smallest absolute Gasteiger partial charge is 0.336 e. The van der Waals surface area contributed by atoms with Gasteiger partial charge in [-0.25, -0.2) is 4.79 Å². The molecule has 1 heterocycles. The minimum atomic E-state index is -0.446. The first-order chi connectivity index (χ1) is 10.6. The second-order valence-corrected chi connectivity index (χ2v) is 5.51. The summed E-state index contributed by atoms with van der Waals surface area (Å²) in [5.41, 5.74) is 0.720. The molecule has 2 aromatic carbocycles. The normalized spacial score (nSPS) is 11.2. The van der Waals surface area contributed by atoms with Crippen LogP contribution in [0.5, 0.6) is 0 Å². The van der Waals surface area contributed by atoms with Crippen molar-refractivity contribution < 1.29 is 13.9 Å². The summed E-state index contributed by atoms with van der Waals surface area (Å²) in [6, 6.07) is 12.9. The van der Waals surface area contributed by atoms with Gasteiger partial charge in [-0.3, -0.25) is 4.79 Å². The van der Waals surface area contributed by atoms with Gasteiger partial charge in [0.15, 0.2) is 0 Å². The van der Waals surface area contributed by atoms with E-state index in [1.54, 1.807) is 19.9 Å². The molecule has 0 aliphatic heterocycles. The van der Waals surface area contributed by atoms with Crippen molar-refractivity contribution in [2.45, 2.75) is 20.5 Å². The molecule has 0 spiro atoms. The molecule has 4 nitrogen and oxygen atoms in total. The highest BCUT2D eigenvalue weighted by Crippen LogP contribution is 2.27. The Hall–Kier alpha value is -2.62. The van der Waals surface area contributed by atoms with Crippen LogP contribution in [0.25, 0.3) is 21.7 Å². The van der Waals surface area contributed by atoms with Gasteiger partial charge in [-0.2, -0.15) is 0 Å². The molecule has 3 aromatic rings. The predicted octanol–water partition coefficient (Wildman–Crippen LogP) is 3.65. The lowest BCUT2D eigenvalue weighted by molar-refractivity contribution is -0.148. The van der Waals surface area contributed by atoms with Crippen molar-refractivity contribution in [3.63, 3.8) is 0 Å². The van der Waals surface area contributed by atoms with Crippen LogP contribution in [0.4, 0.5) is 0 Å². The molecule has 0 aliphatic rings. The second-order valence-electron chi connectivity index (χ2n) is 5.51. The summed E-state index contributed by atoms with van der Waals surface area (Å²) in [4.78, 5) is 23.4. The van der Waals surface area contributed by atoms with Crippen LogP contribution in [0.1, 0.15) is 19.4 Å². The number of hydrogen-bond acceptors (Lipinski definition) is 4. The molecule has 0 saturated heterocycles. The van der Waals surface area contributed by atoms with Gasteiger partial charge in [0.2, 0.25) is 0 Å². The van der Waals surface area contributed by atoms with Crippen LogP contribution in [0.3, 0.4) is 0 Å². The van der Waals surface area contributed by atoms with Gasteiger partial charge >= 0.3 is 11.6 Å². The molecule has 0 fully saturated rings. The number of benzene rings is 2. The Morgan fingerprint density at radius 1 is 1.18 bits per heavy atom. The summed E-state index contributed by atoms with van der Waals surface area (Å²) in [6.07, 6.45) is 0. The molecule has 4 heteroatoms. The quantitative estimate of drug-likeness (QED) is 0.420. The van der Waals surface area contributed by atoms with E-state index in [9.17, 15) is 9.59 Å². The van der Waals surface area contributed by atoms with Crippen molar-refractivity contribution >= 4 is 27.7 Å². The molecule has 0 aliphatic carbocycles. The van der Waals surface area contributed by atoms with E-state index in [0.29, 0.717) is 11.1 Å². The van der Waals surface area contributed by atoms with Crippen molar-refractivity contribution in [3.05, 3.63) is 58.4 Å². The van der Waals surface area contributed by atoms with Gasteiger partial charge in [0.05, 0.1) is 5.92 Å². The highest BCUT2D eigenvalue weighted by atomic mass is 16.5. The van der Waals surface area contributed by atoms with Gasteiger partial charge < -0.3 is 9.15 Å². The highest BCUT2D eigenvalue weighted by molar-refractivity contribution is 6.07. The summed E-state index contributed by atoms with van der Waals surface area (Å²) in [7, 11) is 0. The number of ether oxygens (including phenoxy) is 1. The van der Waals surface area contributed by atoms with Crippen LogP contribution in [-0.2, 0) is 16.1 Å². The van der Waals surface area contributed by atoms with E-state index in [1.165, 1.54) is 6.07 Å². The van der Waals surface area contributed by atoms with Gasteiger partial charge in [0.25, 0.3) is 0 Å². The molecule has 3 rings (SSSR count). The van der Waals surface area contributed by atoms with Crippen molar-refractivity contribution in [1.29, 1.82) is 0 Å². The first-order valence-corrected chi connectivity index (χ1v) is 7.17. The van der Waals surface area contributed by atoms with Crippen LogP contribution in [0.2, 0.25) is 0 Å². The third kappa shape index (κ3) is 2.60. The zero-order valence-electron chi connectivity index (χ0n) is 12.5. The van der Waals surface area contributed by atoms with E-state index in [-0.39, 0.29) is 18.5 Å². The summed E-state index contributed by atoms with van der Waals surface area (Å²) >= 11 is 0. The van der Waals surface area contributed by atoms with Crippen LogP contribution in [0, 0.1) is 5.92 Å². The number of carbonyl (C=O) groups is 1. The molecule has 22 heavy (non-hydrogen) atoms. The van der Waals surface area contributed by atoms with Gasteiger partial charge in [-0.1, -0.05) is 44.2 Å². The maximum Gasteiger partial charge on any atom is 0.336 e. The first kappa shape index (κ1) is 14.3. The average molecular weight is 296 g/mol. The summed E-state index contributed by atoms with van der Waals surface area (Å²) in [5, 5.41) is 2.83. The van der Waals surface area contributed by atoms with Crippen molar-refractivity contribution in [2.24, 2.45) is 5.92 Å². The van der Waals surface area contributed by atoms with Gasteiger partial charge in [-0.05, 0) is 16.8 Å². The topological polar surface area (TPSA) is 56.5 Å². The van der Waals surface area contributed by atoms with E-state index in [0.717, 1.165) is 16.2 Å². The Labute approximate surface area is 127 Å². The van der Waals surface area contributed by atoms with Crippen LogP contribution in [0.15, 0.2) is 51.7 Å². The molecule has 0 atom stereocenters. The van der Waals surface area contributed by atoms with Crippen molar-refractivity contribution in [3.8, 4) is 0 Å². The SMILES string of the molecule is CC(C)C(=O)OCc1cc(=O)oc2ccc3ccccc3c12. The Bertz CT molecular complexity index is 906. The maximum atomic E-state index is 11.7. The van der Waals surface area contributed by atoms with E-state index < -0.39 is 5.63 Å². The maximum absolute atomic E-state index is 11.7. The lowest BCUT2D eigenvalue weighted by Crippen LogP contribution is -2.12.